The molecule has 0 aliphatic heterocycles. The van der Waals surface area contributed by atoms with Gasteiger partial charge in [0.25, 0.3) is 0 Å². The summed E-state index contributed by atoms with van der Waals surface area (Å²) in [5.41, 5.74) is 7.54. The largest absolute Gasteiger partial charge is 0.380 e. The number of rotatable bonds is 4. The Labute approximate surface area is 110 Å². The summed E-state index contributed by atoms with van der Waals surface area (Å²) in [6.45, 7) is 0.645. The van der Waals surface area contributed by atoms with Gasteiger partial charge in [-0.1, -0.05) is 12.0 Å². The number of carbonyl (C=O) groups is 1. The summed E-state index contributed by atoms with van der Waals surface area (Å²) in [6, 6.07) is 9.43. The van der Waals surface area contributed by atoms with Gasteiger partial charge in [-0.05, 0) is 24.3 Å². The van der Waals surface area contributed by atoms with Crippen LogP contribution in [0.2, 0.25) is 0 Å². The number of anilines is 1. The minimum absolute atomic E-state index is 0.396. The molecular formula is C14H12N2OS. The number of hydrogen-bond acceptors (Lipinski definition) is 3. The van der Waals surface area contributed by atoms with Gasteiger partial charge in [-0.3, -0.25) is 4.79 Å². The monoisotopic (exact) mass is 256 g/mol. The smallest absolute Gasteiger partial charge is 0.249 e. The zero-order valence-corrected chi connectivity index (χ0v) is 10.5. The minimum atomic E-state index is -0.396. The number of hydrogen-bond donors (Lipinski definition) is 2. The lowest BCUT2D eigenvalue weighted by Crippen LogP contribution is -2.09. The second-order valence-corrected chi connectivity index (χ2v) is 4.74. The second-order valence-electron chi connectivity index (χ2n) is 3.74. The number of terminal acetylenes is 1. The predicted octanol–water partition coefficient (Wildman–Crippen LogP) is 2.44. The van der Waals surface area contributed by atoms with Crippen LogP contribution in [0.3, 0.4) is 0 Å². The molecule has 0 saturated heterocycles. The summed E-state index contributed by atoms with van der Waals surface area (Å²) in [5, 5.41) is 5.01. The number of amides is 1. The van der Waals surface area contributed by atoms with Crippen LogP contribution in [0.5, 0.6) is 0 Å². The average Bonchev–Trinajstić information content (AvgIpc) is 2.85. The maximum atomic E-state index is 11.0. The van der Waals surface area contributed by atoms with Crippen LogP contribution in [0.1, 0.15) is 20.8 Å². The van der Waals surface area contributed by atoms with Crippen LogP contribution in [0, 0.1) is 12.3 Å². The molecule has 1 aromatic heterocycles. The highest BCUT2D eigenvalue weighted by Crippen LogP contribution is 2.17. The molecule has 4 heteroatoms. The highest BCUT2D eigenvalue weighted by molar-refractivity contribution is 7.10. The second kappa shape index (κ2) is 5.39. The summed E-state index contributed by atoms with van der Waals surface area (Å²) in [7, 11) is 0. The first kappa shape index (κ1) is 12.2. The van der Waals surface area contributed by atoms with E-state index in [1.807, 2.05) is 24.3 Å². The molecule has 2 aromatic rings. The Kier molecular flexibility index (Phi) is 3.66. The summed E-state index contributed by atoms with van der Waals surface area (Å²) >= 11 is 1.50. The zero-order valence-electron chi connectivity index (χ0n) is 9.64. The van der Waals surface area contributed by atoms with E-state index in [0.29, 0.717) is 12.1 Å². The fourth-order valence-electron chi connectivity index (χ4n) is 1.51. The van der Waals surface area contributed by atoms with E-state index >= 15 is 0 Å². The van der Waals surface area contributed by atoms with Gasteiger partial charge in [0.15, 0.2) is 0 Å². The van der Waals surface area contributed by atoms with Gasteiger partial charge in [0.2, 0.25) is 5.91 Å². The Morgan fingerprint density at radius 3 is 2.94 bits per heavy atom. The van der Waals surface area contributed by atoms with Crippen molar-refractivity contribution in [1.82, 2.24) is 0 Å². The molecule has 1 heterocycles. The van der Waals surface area contributed by atoms with Crippen molar-refractivity contribution in [2.75, 3.05) is 5.32 Å². The lowest BCUT2D eigenvalue weighted by Gasteiger charge is -2.04. The molecule has 18 heavy (non-hydrogen) atoms. The Morgan fingerprint density at radius 1 is 1.44 bits per heavy atom. The van der Waals surface area contributed by atoms with Gasteiger partial charge in [0.05, 0.1) is 5.56 Å². The van der Waals surface area contributed by atoms with Crippen molar-refractivity contribution in [2.45, 2.75) is 6.54 Å². The Balaban J connectivity index is 2.02. The first-order valence-corrected chi connectivity index (χ1v) is 6.25. The van der Waals surface area contributed by atoms with Crippen molar-refractivity contribution in [1.29, 1.82) is 0 Å². The first-order valence-electron chi connectivity index (χ1n) is 5.37. The quantitative estimate of drug-likeness (QED) is 0.825. The number of nitrogens with one attached hydrogen (secondary N) is 1. The molecule has 2 rings (SSSR count). The number of primary amides is 1. The fraction of sp³-hybridized carbons (Fsp3) is 0.0714. The Morgan fingerprint density at radius 2 is 2.28 bits per heavy atom. The molecule has 1 amide bonds. The van der Waals surface area contributed by atoms with E-state index in [4.69, 9.17) is 12.2 Å². The summed E-state index contributed by atoms with van der Waals surface area (Å²) in [4.78, 5) is 12.0. The summed E-state index contributed by atoms with van der Waals surface area (Å²) in [6.07, 6.45) is 5.34. The van der Waals surface area contributed by atoms with Gasteiger partial charge in [-0.25, -0.2) is 0 Å². The van der Waals surface area contributed by atoms with Crippen LogP contribution in [0.4, 0.5) is 5.69 Å². The van der Waals surface area contributed by atoms with Gasteiger partial charge in [-0.15, -0.1) is 17.8 Å². The normalized spacial score (nSPS) is 9.72. The van der Waals surface area contributed by atoms with E-state index in [2.05, 4.69) is 11.2 Å². The van der Waals surface area contributed by atoms with Gasteiger partial charge >= 0.3 is 0 Å². The molecule has 0 unspecified atom stereocenters. The first-order chi connectivity index (χ1) is 8.69. The van der Waals surface area contributed by atoms with Crippen LogP contribution >= 0.6 is 11.3 Å². The number of thiophene rings is 1. The fourth-order valence-corrected chi connectivity index (χ4v) is 2.32. The van der Waals surface area contributed by atoms with Crippen LogP contribution in [0.15, 0.2) is 35.7 Å². The zero-order chi connectivity index (χ0) is 13.0. The van der Waals surface area contributed by atoms with E-state index in [0.717, 1.165) is 16.1 Å². The van der Waals surface area contributed by atoms with Crippen molar-refractivity contribution in [3.05, 3.63) is 51.7 Å². The molecule has 1 aromatic carbocycles. The van der Waals surface area contributed by atoms with Gasteiger partial charge in [0, 0.05) is 28.1 Å². The average molecular weight is 256 g/mol. The maximum Gasteiger partial charge on any atom is 0.249 e. The van der Waals surface area contributed by atoms with Crippen LogP contribution < -0.4 is 11.1 Å². The van der Waals surface area contributed by atoms with Gasteiger partial charge in [0.1, 0.15) is 0 Å². The van der Waals surface area contributed by atoms with Gasteiger partial charge in [-0.2, -0.15) is 0 Å². The molecule has 0 atom stereocenters. The van der Waals surface area contributed by atoms with Crippen LogP contribution in [-0.4, -0.2) is 5.91 Å². The molecule has 0 fully saturated rings. The summed E-state index contributed by atoms with van der Waals surface area (Å²) in [5.74, 6) is 2.19. The van der Waals surface area contributed by atoms with E-state index in [1.54, 1.807) is 11.4 Å². The highest BCUT2D eigenvalue weighted by atomic mass is 32.1. The van der Waals surface area contributed by atoms with E-state index in [-0.39, 0.29) is 0 Å². The van der Waals surface area contributed by atoms with E-state index < -0.39 is 5.91 Å². The van der Waals surface area contributed by atoms with Crippen molar-refractivity contribution in [2.24, 2.45) is 5.73 Å². The molecule has 90 valence electrons. The molecule has 3 nitrogen and oxygen atoms in total. The van der Waals surface area contributed by atoms with Gasteiger partial charge < -0.3 is 11.1 Å². The molecule has 0 bridgehead atoms. The lowest BCUT2D eigenvalue weighted by atomic mass is 10.2. The summed E-state index contributed by atoms with van der Waals surface area (Å²) < 4.78 is 0. The van der Waals surface area contributed by atoms with Crippen molar-refractivity contribution >= 4 is 22.9 Å². The molecule has 0 aliphatic rings. The lowest BCUT2D eigenvalue weighted by molar-refractivity contribution is 0.100. The van der Waals surface area contributed by atoms with Crippen LogP contribution in [0.25, 0.3) is 0 Å². The Bertz CT molecular complexity index is 610. The molecule has 0 aliphatic carbocycles. The van der Waals surface area contributed by atoms with Crippen molar-refractivity contribution in [3.63, 3.8) is 0 Å². The molecular weight excluding hydrogens is 244 g/mol. The van der Waals surface area contributed by atoms with Crippen molar-refractivity contribution < 1.29 is 4.79 Å². The van der Waals surface area contributed by atoms with E-state index in [1.165, 1.54) is 11.3 Å². The van der Waals surface area contributed by atoms with Crippen molar-refractivity contribution in [3.8, 4) is 12.3 Å². The number of carbonyl (C=O) groups excluding carboxylic acids is 1. The number of benzene rings is 1. The topological polar surface area (TPSA) is 55.1 Å². The van der Waals surface area contributed by atoms with E-state index in [9.17, 15) is 4.79 Å². The third kappa shape index (κ3) is 2.90. The molecule has 0 radical (unpaired) electrons. The number of nitrogens with two attached hydrogens (primary N) is 1. The molecule has 0 saturated carbocycles. The third-order valence-electron chi connectivity index (χ3n) is 2.43. The third-order valence-corrected chi connectivity index (χ3v) is 3.37. The minimum Gasteiger partial charge on any atom is -0.380 e. The SMILES string of the molecule is C#Cc1cccc(NCc2cc(C(N)=O)cs2)c1. The molecule has 0 spiro atoms. The maximum absolute atomic E-state index is 11.0. The Hall–Kier alpha value is -2.25. The van der Waals surface area contributed by atoms with Crippen LogP contribution in [-0.2, 0) is 6.54 Å². The molecule has 3 N–H and O–H groups in total. The predicted molar refractivity (Wildman–Crippen MR) is 74.5 cm³/mol. The highest BCUT2D eigenvalue weighted by Gasteiger charge is 2.04. The standard InChI is InChI=1S/C14H12N2OS/c1-2-10-4-3-5-12(6-10)16-8-13-7-11(9-18-13)14(15)17/h1,3-7,9,16H,8H2,(H2,15,17).